The summed E-state index contributed by atoms with van der Waals surface area (Å²) in [6, 6.07) is 19.7. The van der Waals surface area contributed by atoms with Crippen molar-refractivity contribution >= 4 is 92.0 Å². The second kappa shape index (κ2) is 23.7. The van der Waals surface area contributed by atoms with Gasteiger partial charge in [0.2, 0.25) is 22.4 Å². The fourth-order valence-electron chi connectivity index (χ4n) is 8.16. The first kappa shape index (κ1) is 49.8. The monoisotopic (exact) mass is 1020 g/mol. The van der Waals surface area contributed by atoms with E-state index >= 15 is 0 Å². The molecule has 4 atom stereocenters. The normalized spacial score (nSPS) is 18.8. The molecule has 2 N–H and O–H groups in total. The highest BCUT2D eigenvalue weighted by molar-refractivity contribution is 14.1. The van der Waals surface area contributed by atoms with E-state index in [0.29, 0.717) is 35.9 Å². The Labute approximate surface area is 400 Å². The highest BCUT2D eigenvalue weighted by Crippen LogP contribution is 2.41. The molecule has 15 nitrogen and oxygen atoms in total. The van der Waals surface area contributed by atoms with E-state index in [1.165, 1.54) is 32.1 Å². The van der Waals surface area contributed by atoms with Crippen LogP contribution in [0.3, 0.4) is 0 Å². The van der Waals surface area contributed by atoms with Crippen LogP contribution in [-0.4, -0.2) is 91.0 Å². The molecule has 6 heterocycles. The molecule has 0 bridgehead atoms. The lowest BCUT2D eigenvalue weighted by Gasteiger charge is -2.40. The fraction of sp³-hybridized carbons (Fsp3) is 0.391. The van der Waals surface area contributed by atoms with Gasteiger partial charge in [0.1, 0.15) is 23.5 Å². The van der Waals surface area contributed by atoms with Gasteiger partial charge in [-0.2, -0.15) is 20.2 Å². The maximum atomic E-state index is 12.9. The number of aromatic amines is 1. The first-order valence-corrected chi connectivity index (χ1v) is 23.0. The van der Waals surface area contributed by atoms with E-state index in [9.17, 15) is 9.59 Å². The van der Waals surface area contributed by atoms with E-state index in [2.05, 4.69) is 77.1 Å². The van der Waals surface area contributed by atoms with Crippen molar-refractivity contribution in [3.8, 4) is 5.69 Å². The number of nitrogens with one attached hydrogen (secondary N) is 2. The second-order valence-electron chi connectivity index (χ2n) is 15.1. The molecule has 0 spiro atoms. The highest BCUT2D eigenvalue weighted by Gasteiger charge is 2.39. The molecule has 64 heavy (non-hydrogen) atoms. The number of anilines is 6. The Kier molecular flexibility index (Phi) is 18.4. The molecule has 1 saturated carbocycles. The number of nitrogens with zero attached hydrogens (tertiary/aromatic N) is 11. The third kappa shape index (κ3) is 11.6. The number of rotatable bonds is 7. The maximum Gasteiger partial charge on any atom is 0.250 e. The van der Waals surface area contributed by atoms with Crippen LogP contribution < -0.4 is 24.9 Å². The van der Waals surface area contributed by atoms with Crippen LogP contribution in [0.2, 0.25) is 10.6 Å². The van der Waals surface area contributed by atoms with Gasteiger partial charge in [-0.05, 0) is 133 Å². The summed E-state index contributed by atoms with van der Waals surface area (Å²) in [5, 5.41) is 14.2. The minimum absolute atomic E-state index is 0. The summed E-state index contributed by atoms with van der Waals surface area (Å²) >= 11 is 14.3. The van der Waals surface area contributed by atoms with E-state index in [-0.39, 0.29) is 41.9 Å². The number of halogens is 3. The molecule has 3 aliphatic rings. The van der Waals surface area contributed by atoms with Crippen LogP contribution >= 0.6 is 45.8 Å². The fourth-order valence-corrected chi connectivity index (χ4v) is 8.95. The van der Waals surface area contributed by atoms with Gasteiger partial charge in [0, 0.05) is 59.9 Å². The summed E-state index contributed by atoms with van der Waals surface area (Å²) in [5.41, 5.74) is 3.97. The molecule has 9 rings (SSSR count). The molecular formula is C46H58Cl2IN13O2. The predicted molar refractivity (Wildman–Crippen MR) is 266 cm³/mol. The van der Waals surface area contributed by atoms with E-state index in [1.54, 1.807) is 59.6 Å². The maximum absolute atomic E-state index is 12.9. The Morgan fingerprint density at radius 2 is 1.31 bits per heavy atom. The van der Waals surface area contributed by atoms with Gasteiger partial charge >= 0.3 is 0 Å². The lowest BCUT2D eigenvalue weighted by atomic mass is 9.83. The summed E-state index contributed by atoms with van der Waals surface area (Å²) in [6.45, 7) is 6.28. The Bertz CT molecular complexity index is 2380. The van der Waals surface area contributed by atoms with Crippen LogP contribution in [0.5, 0.6) is 0 Å². The van der Waals surface area contributed by atoms with Crippen LogP contribution in [0.1, 0.15) is 73.1 Å². The van der Waals surface area contributed by atoms with Crippen molar-refractivity contribution in [2.24, 2.45) is 5.92 Å². The van der Waals surface area contributed by atoms with Crippen LogP contribution in [-0.2, 0) is 9.59 Å². The summed E-state index contributed by atoms with van der Waals surface area (Å²) < 4.78 is 2.87. The third-order valence-corrected chi connectivity index (χ3v) is 12.5. The van der Waals surface area contributed by atoms with Gasteiger partial charge in [-0.15, -0.1) is 0 Å². The molecule has 2 amide bonds. The molecule has 18 heteroatoms. The number of fused-ring (bicyclic) bond motifs is 2. The number of amides is 2. The summed E-state index contributed by atoms with van der Waals surface area (Å²) in [7, 11) is 5.57. The van der Waals surface area contributed by atoms with E-state index < -0.39 is 0 Å². The first-order chi connectivity index (χ1) is 30.5. The molecule has 340 valence electrons. The molecule has 2 unspecified atom stereocenters. The first-order valence-electron chi connectivity index (χ1n) is 21.2. The largest absolute Gasteiger partial charge is 0.317 e. The van der Waals surface area contributed by atoms with Gasteiger partial charge in [0.15, 0.2) is 11.6 Å². The zero-order chi connectivity index (χ0) is 45.0. The number of hydrogen-bond acceptors (Lipinski definition) is 11. The molecular weight excluding hydrogens is 964 g/mol. The number of likely N-dealkylation sites (N-methyl/N-ethyl adjacent to an activating group) is 2. The number of benzene rings is 2. The van der Waals surface area contributed by atoms with Crippen molar-refractivity contribution in [2.75, 3.05) is 40.7 Å². The molecule has 2 aromatic carbocycles. The summed E-state index contributed by atoms with van der Waals surface area (Å²) in [6.07, 6.45) is 18.6. The summed E-state index contributed by atoms with van der Waals surface area (Å²) in [5.74, 6) is 2.27. The molecule has 2 aliphatic heterocycles. The van der Waals surface area contributed by atoms with Crippen molar-refractivity contribution in [1.82, 2.24) is 45.2 Å². The number of hydrogen-bond donors (Lipinski definition) is 2. The molecule has 1 aliphatic carbocycles. The lowest BCUT2D eigenvalue weighted by Crippen LogP contribution is -2.50. The van der Waals surface area contributed by atoms with Crippen molar-refractivity contribution in [2.45, 2.75) is 91.3 Å². The Morgan fingerprint density at radius 1 is 0.750 bits per heavy atom. The SMILES string of the molecule is C.CCC1C(=O)N(C)c2cnc(Cl)nc2N1c1cccc(-n2cccn2)c1.CCC1C(=O)N(C)c2cnc(Cl)nc2N1c1cccc(I)c1.CC[C@H]1CCCC[C@@H]1NC.c1cn[nH]c1. The van der Waals surface area contributed by atoms with Crippen molar-refractivity contribution in [3.05, 3.63) is 112 Å². The quantitative estimate of drug-likeness (QED) is 0.116. The van der Waals surface area contributed by atoms with E-state index in [0.717, 1.165) is 32.6 Å². The van der Waals surface area contributed by atoms with Crippen molar-refractivity contribution in [1.29, 1.82) is 0 Å². The van der Waals surface area contributed by atoms with Crippen LogP contribution in [0.15, 0.2) is 97.8 Å². The topological polar surface area (TPSA) is 157 Å². The minimum Gasteiger partial charge on any atom is -0.317 e. The van der Waals surface area contributed by atoms with Crippen molar-refractivity contribution < 1.29 is 9.59 Å². The van der Waals surface area contributed by atoms with Gasteiger partial charge in [-0.3, -0.25) is 14.7 Å². The van der Waals surface area contributed by atoms with Gasteiger partial charge in [-0.1, -0.05) is 59.6 Å². The zero-order valence-electron chi connectivity index (χ0n) is 36.4. The number of carbonyl (C=O) groups is 2. The van der Waals surface area contributed by atoms with E-state index in [4.69, 9.17) is 23.2 Å². The van der Waals surface area contributed by atoms with Crippen molar-refractivity contribution in [3.63, 3.8) is 0 Å². The molecule has 0 radical (unpaired) electrons. The Hall–Kier alpha value is -5.17. The third-order valence-electron chi connectivity index (χ3n) is 11.4. The average Bonchev–Trinajstić information content (AvgIpc) is 4.08. The average molecular weight is 1020 g/mol. The van der Waals surface area contributed by atoms with Gasteiger partial charge in [0.25, 0.3) is 0 Å². The van der Waals surface area contributed by atoms with Crippen LogP contribution in [0.25, 0.3) is 5.69 Å². The molecule has 6 aromatic rings. The molecule has 4 aromatic heterocycles. The second-order valence-corrected chi connectivity index (χ2v) is 17.1. The standard InChI is InChI=1S/C18H17ClN6O.C15H14ClIN4O.C9H19N.C3H4N2.CH4/c1-3-14-17(26)23(2)15-11-20-18(19)22-16(15)25(14)13-7-4-6-12(10-13)24-9-5-8-21-24;1-3-11-14(22)20(2)12-8-18-15(16)19-13(12)21(11)10-6-4-5-9(17)7-10;1-3-8-6-4-5-7-9(8)10-2;1-2-4-5-3-1;/h4-11,14H,3H2,1-2H3;4-8,11H,3H2,1-2H3;8-10H,3-7H2,1-2H3;1-3H,(H,4,5);1H4/t;;8-,9-;;/m..0../s1. The van der Waals surface area contributed by atoms with Gasteiger partial charge < -0.3 is 24.9 Å². The van der Waals surface area contributed by atoms with E-state index in [1.807, 2.05) is 90.5 Å². The predicted octanol–water partition coefficient (Wildman–Crippen LogP) is 10.1. The number of carbonyl (C=O) groups excluding carboxylic acids is 2. The Morgan fingerprint density at radius 3 is 1.77 bits per heavy atom. The minimum atomic E-state index is -0.369. The van der Waals surface area contributed by atoms with Gasteiger partial charge in [-0.25, -0.2) is 14.6 Å². The number of H-pyrrole nitrogens is 1. The van der Waals surface area contributed by atoms with Crippen LogP contribution in [0.4, 0.5) is 34.4 Å². The molecule has 0 saturated heterocycles. The Balaban J connectivity index is 0.000000182. The van der Waals surface area contributed by atoms with Gasteiger partial charge in [0.05, 0.1) is 18.1 Å². The highest BCUT2D eigenvalue weighted by atomic mass is 127. The molecule has 1 fully saturated rings. The summed E-state index contributed by atoms with van der Waals surface area (Å²) in [4.78, 5) is 49.4. The van der Waals surface area contributed by atoms with Crippen LogP contribution in [0, 0.1) is 9.49 Å². The lowest BCUT2D eigenvalue weighted by molar-refractivity contribution is -0.120. The smallest absolute Gasteiger partial charge is 0.250 e. The zero-order valence-corrected chi connectivity index (χ0v) is 40.0. The number of aromatic nitrogens is 8.